The standard InChI is InChI=1S/C4H12PSi/c1-5(2)6(3)4/h1-4H3. The van der Waals surface area contributed by atoms with E-state index in [9.17, 15) is 0 Å². The Balaban J connectivity index is 2.99. The summed E-state index contributed by atoms with van der Waals surface area (Å²) < 4.78 is 0. The second kappa shape index (κ2) is 2.76. The van der Waals surface area contributed by atoms with E-state index in [4.69, 9.17) is 0 Å². The molecule has 0 aliphatic heterocycles. The van der Waals surface area contributed by atoms with E-state index >= 15 is 0 Å². The summed E-state index contributed by atoms with van der Waals surface area (Å²) in [6.07, 6.45) is 0. The molecule has 1 radical (unpaired) electrons. The highest BCUT2D eigenvalue weighted by atomic mass is 31.4. The molecule has 0 aromatic heterocycles. The average Bonchev–Trinajstić information content (AvgIpc) is 1.36. The van der Waals surface area contributed by atoms with Gasteiger partial charge in [-0.2, -0.15) is 0 Å². The Bertz CT molecular complexity index is 28.5. The SMILES string of the molecule is C[Si](C)P(C)C. The molecule has 37 valence electrons. The maximum Gasteiger partial charge on any atom is 0.0727 e. The van der Waals surface area contributed by atoms with Crippen molar-refractivity contribution >= 4 is 15.9 Å². The minimum absolute atomic E-state index is 0.113. The Kier molecular flexibility index (Phi) is 3.06. The first kappa shape index (κ1) is 6.65. The lowest BCUT2D eigenvalue weighted by molar-refractivity contribution is 2.06. The van der Waals surface area contributed by atoms with Crippen molar-refractivity contribution in [2.24, 2.45) is 0 Å². The molecule has 0 fully saturated rings. The Morgan fingerprint density at radius 2 is 1.33 bits per heavy atom. The lowest BCUT2D eigenvalue weighted by atomic mass is 11.9. The van der Waals surface area contributed by atoms with Gasteiger partial charge < -0.3 is 0 Å². The van der Waals surface area contributed by atoms with Gasteiger partial charge in [0.15, 0.2) is 0 Å². The zero-order valence-corrected chi connectivity index (χ0v) is 6.84. The zero-order valence-electron chi connectivity index (χ0n) is 4.95. The first-order chi connectivity index (χ1) is 2.64. The molecule has 0 heterocycles. The Hall–Kier alpha value is 0.647. The van der Waals surface area contributed by atoms with Crippen LogP contribution in [0.3, 0.4) is 0 Å². The molecule has 0 saturated carbocycles. The minimum atomic E-state index is 0.113. The molecule has 6 heavy (non-hydrogen) atoms. The van der Waals surface area contributed by atoms with Gasteiger partial charge in [-0.05, 0) is 13.3 Å². The van der Waals surface area contributed by atoms with Gasteiger partial charge in [-0.25, -0.2) is 0 Å². The summed E-state index contributed by atoms with van der Waals surface area (Å²) in [5.74, 6) is 0. The van der Waals surface area contributed by atoms with Gasteiger partial charge in [0.1, 0.15) is 0 Å². The van der Waals surface area contributed by atoms with Gasteiger partial charge in [-0.1, -0.05) is 13.1 Å². The number of hydrogen-bond donors (Lipinski definition) is 0. The summed E-state index contributed by atoms with van der Waals surface area (Å²) in [5, 5.41) is 0. The first-order valence-electron chi connectivity index (χ1n) is 2.12. The fourth-order valence-corrected chi connectivity index (χ4v) is 0. The van der Waals surface area contributed by atoms with Crippen molar-refractivity contribution in [1.29, 1.82) is 0 Å². The average molecular weight is 119 g/mol. The van der Waals surface area contributed by atoms with Crippen molar-refractivity contribution < 1.29 is 0 Å². The summed E-state index contributed by atoms with van der Waals surface area (Å²) >= 11 is 0. The Morgan fingerprint density at radius 3 is 1.33 bits per heavy atom. The predicted octanol–water partition coefficient (Wildman–Crippen LogP) is 1.98. The van der Waals surface area contributed by atoms with E-state index in [1.54, 1.807) is 0 Å². The summed E-state index contributed by atoms with van der Waals surface area (Å²) in [6.45, 7) is 9.44. The first-order valence-corrected chi connectivity index (χ1v) is 7.70. The fraction of sp³-hybridized carbons (Fsp3) is 1.00. The second-order valence-electron chi connectivity index (χ2n) is 1.84. The number of rotatable bonds is 1. The van der Waals surface area contributed by atoms with Crippen LogP contribution >= 0.6 is 7.47 Å². The van der Waals surface area contributed by atoms with Crippen molar-refractivity contribution in [3.63, 3.8) is 0 Å². The van der Waals surface area contributed by atoms with E-state index in [2.05, 4.69) is 26.4 Å². The van der Waals surface area contributed by atoms with Crippen LogP contribution in [0, 0.1) is 0 Å². The molecule has 0 amide bonds. The second-order valence-corrected chi connectivity index (χ2v) is 10.9. The summed E-state index contributed by atoms with van der Waals surface area (Å²) in [6, 6.07) is 0. The van der Waals surface area contributed by atoms with E-state index < -0.39 is 0 Å². The Labute approximate surface area is 43.2 Å². The molecule has 0 unspecified atom stereocenters. The van der Waals surface area contributed by atoms with Gasteiger partial charge in [-0.15, -0.1) is 7.47 Å². The van der Waals surface area contributed by atoms with Crippen molar-refractivity contribution in [2.45, 2.75) is 13.1 Å². The molecule has 0 atom stereocenters. The van der Waals surface area contributed by atoms with Crippen molar-refractivity contribution in [2.75, 3.05) is 13.3 Å². The van der Waals surface area contributed by atoms with Crippen LogP contribution in [0.4, 0.5) is 0 Å². The third kappa shape index (κ3) is 2.86. The van der Waals surface area contributed by atoms with Crippen molar-refractivity contribution in [3.05, 3.63) is 0 Å². The molecule has 0 aromatic rings. The quantitative estimate of drug-likeness (QED) is 0.366. The summed E-state index contributed by atoms with van der Waals surface area (Å²) in [5.41, 5.74) is 0. The van der Waals surface area contributed by atoms with Gasteiger partial charge in [0, 0.05) is 0 Å². The molecule has 0 spiro atoms. The molecule has 0 rings (SSSR count). The highest BCUT2D eigenvalue weighted by Gasteiger charge is 1.97. The molecule has 0 aliphatic rings. The van der Waals surface area contributed by atoms with Crippen LogP contribution in [0.5, 0.6) is 0 Å². The lowest BCUT2D eigenvalue weighted by Crippen LogP contribution is -1.93. The minimum Gasteiger partial charge on any atom is -0.127 e. The van der Waals surface area contributed by atoms with Gasteiger partial charge in [-0.3, -0.25) is 0 Å². The highest BCUT2D eigenvalue weighted by Crippen LogP contribution is 2.27. The molecule has 0 nitrogen and oxygen atoms in total. The van der Waals surface area contributed by atoms with Gasteiger partial charge in [0.2, 0.25) is 0 Å². The van der Waals surface area contributed by atoms with Gasteiger partial charge in [0.05, 0.1) is 8.46 Å². The van der Waals surface area contributed by atoms with E-state index in [0.29, 0.717) is 7.47 Å². The van der Waals surface area contributed by atoms with Crippen LogP contribution in [0.25, 0.3) is 0 Å². The third-order valence-corrected chi connectivity index (χ3v) is 8.05. The maximum absolute atomic E-state index is 2.37. The molecule has 0 aliphatic carbocycles. The van der Waals surface area contributed by atoms with Crippen molar-refractivity contribution in [3.8, 4) is 0 Å². The van der Waals surface area contributed by atoms with Gasteiger partial charge >= 0.3 is 0 Å². The van der Waals surface area contributed by atoms with Crippen LogP contribution in [0.2, 0.25) is 13.1 Å². The van der Waals surface area contributed by atoms with Crippen LogP contribution in [0.1, 0.15) is 0 Å². The topological polar surface area (TPSA) is 0 Å². The van der Waals surface area contributed by atoms with Crippen LogP contribution in [0.15, 0.2) is 0 Å². The molecular formula is C4H12PSi. The summed E-state index contributed by atoms with van der Waals surface area (Å²) in [4.78, 5) is 0. The highest BCUT2D eigenvalue weighted by molar-refractivity contribution is 7.88. The monoisotopic (exact) mass is 119 g/mol. The van der Waals surface area contributed by atoms with Crippen molar-refractivity contribution in [1.82, 2.24) is 0 Å². The van der Waals surface area contributed by atoms with E-state index in [1.807, 2.05) is 0 Å². The van der Waals surface area contributed by atoms with Crippen LogP contribution in [-0.2, 0) is 0 Å². The molecule has 0 saturated heterocycles. The molecule has 2 heteroatoms. The Morgan fingerprint density at radius 1 is 1.17 bits per heavy atom. The van der Waals surface area contributed by atoms with Crippen LogP contribution < -0.4 is 0 Å². The largest absolute Gasteiger partial charge is 0.127 e. The molecule has 0 aromatic carbocycles. The molecular weight excluding hydrogens is 107 g/mol. The predicted molar refractivity (Wildman–Crippen MR) is 36.2 cm³/mol. The molecule has 0 bridgehead atoms. The fourth-order valence-electron chi connectivity index (χ4n) is 0. The summed E-state index contributed by atoms with van der Waals surface area (Å²) in [7, 11) is 0.556. The number of hydrogen-bond acceptors (Lipinski definition) is 0. The maximum atomic E-state index is 2.37. The van der Waals surface area contributed by atoms with E-state index in [0.717, 1.165) is 0 Å². The smallest absolute Gasteiger partial charge is 0.0727 e. The normalized spacial score (nSPS) is 11.0. The third-order valence-electron chi connectivity index (χ3n) is 0.894. The van der Waals surface area contributed by atoms with Gasteiger partial charge in [0.25, 0.3) is 0 Å². The van der Waals surface area contributed by atoms with E-state index in [-0.39, 0.29) is 8.46 Å². The molecule has 0 N–H and O–H groups in total. The lowest BCUT2D eigenvalue weighted by Gasteiger charge is -2.04. The zero-order chi connectivity index (χ0) is 5.15. The van der Waals surface area contributed by atoms with E-state index in [1.165, 1.54) is 0 Å². The van der Waals surface area contributed by atoms with Crippen LogP contribution in [-0.4, -0.2) is 21.8 Å².